The third-order valence-corrected chi connectivity index (χ3v) is 5.35. The lowest BCUT2D eigenvalue weighted by Gasteiger charge is -2.34. The molecule has 2 heterocycles. The maximum atomic E-state index is 6.42. The van der Waals surface area contributed by atoms with E-state index in [1.807, 2.05) is 24.3 Å². The fraction of sp³-hybridized carbons (Fsp3) is 0.579. The summed E-state index contributed by atoms with van der Waals surface area (Å²) >= 11 is 0. The van der Waals surface area contributed by atoms with Crippen LogP contribution < -0.4 is 4.74 Å². The highest BCUT2D eigenvalue weighted by Crippen LogP contribution is 2.57. The summed E-state index contributed by atoms with van der Waals surface area (Å²) < 4.78 is 18.1. The Morgan fingerprint density at radius 3 is 2.68 bits per heavy atom. The minimum Gasteiger partial charge on any atom is -0.496 e. The van der Waals surface area contributed by atoms with Crippen molar-refractivity contribution in [2.45, 2.75) is 57.5 Å². The van der Waals surface area contributed by atoms with Crippen LogP contribution in [0.15, 0.2) is 36.4 Å². The molecule has 0 N–H and O–H groups in total. The molecule has 3 rings (SSSR count). The van der Waals surface area contributed by atoms with Crippen molar-refractivity contribution >= 4 is 0 Å². The number of methoxy groups -OCH3 is 1. The highest BCUT2D eigenvalue weighted by atomic mass is 16.6. The average Bonchev–Trinajstić information content (AvgIpc) is 2.97. The molecule has 1 aromatic rings. The summed E-state index contributed by atoms with van der Waals surface area (Å²) in [5, 5.41) is 0. The van der Waals surface area contributed by atoms with E-state index in [0.29, 0.717) is 12.5 Å². The number of benzene rings is 1. The van der Waals surface area contributed by atoms with Crippen molar-refractivity contribution in [1.29, 1.82) is 0 Å². The summed E-state index contributed by atoms with van der Waals surface area (Å²) in [5.41, 5.74) is 1.71. The molecule has 2 aliphatic heterocycles. The second kappa shape index (κ2) is 5.39. The summed E-state index contributed by atoms with van der Waals surface area (Å²) in [7, 11) is 1.69. The van der Waals surface area contributed by atoms with E-state index in [0.717, 1.165) is 29.7 Å². The van der Waals surface area contributed by atoms with E-state index in [1.165, 1.54) is 0 Å². The van der Waals surface area contributed by atoms with Crippen LogP contribution in [-0.4, -0.2) is 24.4 Å². The van der Waals surface area contributed by atoms with Crippen LogP contribution in [0.4, 0.5) is 0 Å². The third kappa shape index (κ3) is 2.19. The molecular formula is C19H26O3. The molecule has 0 unspecified atom stereocenters. The topological polar surface area (TPSA) is 27.7 Å². The molecule has 3 nitrogen and oxygen atoms in total. The smallest absolute Gasteiger partial charge is 0.124 e. The molecule has 0 radical (unpaired) electrons. The van der Waals surface area contributed by atoms with Gasteiger partial charge in [-0.05, 0) is 37.3 Å². The molecule has 2 bridgehead atoms. The van der Waals surface area contributed by atoms with Gasteiger partial charge in [-0.15, -0.1) is 0 Å². The average molecular weight is 302 g/mol. The molecule has 120 valence electrons. The van der Waals surface area contributed by atoms with Crippen LogP contribution in [0.1, 0.15) is 39.2 Å². The first-order valence-corrected chi connectivity index (χ1v) is 8.06. The molecule has 2 aliphatic rings. The number of hydrogen-bond donors (Lipinski definition) is 0. The van der Waals surface area contributed by atoms with Gasteiger partial charge < -0.3 is 14.2 Å². The fourth-order valence-corrected chi connectivity index (χ4v) is 4.00. The summed E-state index contributed by atoms with van der Waals surface area (Å²) in [4.78, 5) is 0. The lowest BCUT2D eigenvalue weighted by molar-refractivity contribution is -0.0960. The van der Waals surface area contributed by atoms with E-state index in [2.05, 4.69) is 27.4 Å². The van der Waals surface area contributed by atoms with E-state index in [1.54, 1.807) is 7.11 Å². The van der Waals surface area contributed by atoms with Crippen LogP contribution >= 0.6 is 0 Å². The van der Waals surface area contributed by atoms with Crippen molar-refractivity contribution in [3.05, 3.63) is 42.0 Å². The van der Waals surface area contributed by atoms with Gasteiger partial charge in [-0.2, -0.15) is 0 Å². The lowest BCUT2D eigenvalue weighted by Crippen LogP contribution is -2.40. The Morgan fingerprint density at radius 2 is 2.05 bits per heavy atom. The van der Waals surface area contributed by atoms with E-state index in [9.17, 15) is 0 Å². The highest BCUT2D eigenvalue weighted by molar-refractivity contribution is 5.35. The van der Waals surface area contributed by atoms with E-state index in [-0.39, 0.29) is 17.3 Å². The molecule has 0 amide bonds. The molecule has 0 aliphatic carbocycles. The van der Waals surface area contributed by atoms with Gasteiger partial charge in [0.2, 0.25) is 0 Å². The summed E-state index contributed by atoms with van der Waals surface area (Å²) in [5.74, 6) is 1.28. The van der Waals surface area contributed by atoms with Gasteiger partial charge >= 0.3 is 0 Å². The Bertz CT molecular complexity index is 580. The largest absolute Gasteiger partial charge is 0.496 e. The molecule has 2 fully saturated rings. The third-order valence-electron chi connectivity index (χ3n) is 5.35. The van der Waals surface area contributed by atoms with Crippen molar-refractivity contribution in [2.24, 2.45) is 5.92 Å². The van der Waals surface area contributed by atoms with Crippen LogP contribution in [0.3, 0.4) is 0 Å². The molecule has 3 heteroatoms. The van der Waals surface area contributed by atoms with Crippen LogP contribution in [0.5, 0.6) is 5.75 Å². The summed E-state index contributed by atoms with van der Waals surface area (Å²) in [6.07, 6.45) is 2.03. The molecule has 2 saturated heterocycles. The van der Waals surface area contributed by atoms with Crippen LogP contribution in [0.25, 0.3) is 0 Å². The van der Waals surface area contributed by atoms with Crippen molar-refractivity contribution < 1.29 is 14.2 Å². The summed E-state index contributed by atoms with van der Waals surface area (Å²) in [6, 6.07) is 7.97. The SMILES string of the molecule is C=C1[C@@H](OCc2ccccc2OC)[C@]2(C)CC[C@@]1(C(C)C)O2. The number of fused-ring (bicyclic) bond motifs is 2. The van der Waals surface area contributed by atoms with Crippen molar-refractivity contribution in [1.82, 2.24) is 0 Å². The number of ether oxygens (including phenoxy) is 3. The van der Waals surface area contributed by atoms with Gasteiger partial charge in [-0.3, -0.25) is 0 Å². The molecule has 0 saturated carbocycles. The van der Waals surface area contributed by atoms with E-state index >= 15 is 0 Å². The minimum absolute atomic E-state index is 0.0476. The van der Waals surface area contributed by atoms with E-state index in [4.69, 9.17) is 14.2 Å². The zero-order valence-corrected chi connectivity index (χ0v) is 14.0. The van der Waals surface area contributed by atoms with Crippen LogP contribution in [0, 0.1) is 5.92 Å². The zero-order valence-electron chi connectivity index (χ0n) is 14.0. The first kappa shape index (κ1) is 15.6. The van der Waals surface area contributed by atoms with Gasteiger partial charge in [0.15, 0.2) is 0 Å². The van der Waals surface area contributed by atoms with Gasteiger partial charge in [0.25, 0.3) is 0 Å². The lowest BCUT2D eigenvalue weighted by atomic mass is 9.72. The molecule has 0 aromatic heterocycles. The quantitative estimate of drug-likeness (QED) is 0.766. The molecule has 0 spiro atoms. The second-order valence-corrected chi connectivity index (χ2v) is 6.99. The standard InChI is InChI=1S/C19H26O3/c1-13(2)19-11-10-18(4,22-19)17(14(19)3)21-12-15-8-6-7-9-16(15)20-5/h6-9,13,17H,3,10-12H2,1-2,4-5H3/t17-,18+,19+/m1/s1. The van der Waals surface area contributed by atoms with Gasteiger partial charge in [0.05, 0.1) is 24.9 Å². The Kier molecular flexibility index (Phi) is 3.82. The first-order chi connectivity index (χ1) is 10.4. The minimum atomic E-state index is -0.247. The van der Waals surface area contributed by atoms with Crippen LogP contribution in [-0.2, 0) is 16.1 Å². The Balaban J connectivity index is 1.78. The van der Waals surface area contributed by atoms with Crippen molar-refractivity contribution in [3.63, 3.8) is 0 Å². The van der Waals surface area contributed by atoms with Gasteiger partial charge in [-0.1, -0.05) is 38.6 Å². The molecule has 22 heavy (non-hydrogen) atoms. The first-order valence-electron chi connectivity index (χ1n) is 8.06. The second-order valence-electron chi connectivity index (χ2n) is 6.99. The molecule has 1 aromatic carbocycles. The summed E-state index contributed by atoms with van der Waals surface area (Å²) in [6.45, 7) is 11.4. The maximum absolute atomic E-state index is 6.42. The zero-order chi connectivity index (χ0) is 16.0. The molecular weight excluding hydrogens is 276 g/mol. The Hall–Kier alpha value is -1.32. The Labute approximate surface area is 133 Å². The number of rotatable bonds is 5. The normalized spacial score (nSPS) is 33.7. The van der Waals surface area contributed by atoms with Gasteiger partial charge in [-0.25, -0.2) is 0 Å². The van der Waals surface area contributed by atoms with Gasteiger partial charge in [0, 0.05) is 5.56 Å². The van der Waals surface area contributed by atoms with Crippen molar-refractivity contribution in [2.75, 3.05) is 7.11 Å². The number of para-hydroxylation sites is 1. The number of hydrogen-bond acceptors (Lipinski definition) is 3. The molecule has 3 atom stereocenters. The van der Waals surface area contributed by atoms with Crippen molar-refractivity contribution in [3.8, 4) is 5.75 Å². The van der Waals surface area contributed by atoms with Gasteiger partial charge in [0.1, 0.15) is 11.9 Å². The van der Waals surface area contributed by atoms with E-state index < -0.39 is 0 Å². The monoisotopic (exact) mass is 302 g/mol. The highest BCUT2D eigenvalue weighted by Gasteiger charge is 2.63. The predicted octanol–water partition coefficient (Wildman–Crippen LogP) is 4.11. The maximum Gasteiger partial charge on any atom is 0.124 e. The fourth-order valence-electron chi connectivity index (χ4n) is 4.00. The predicted molar refractivity (Wildman–Crippen MR) is 87.0 cm³/mol. The Morgan fingerprint density at radius 1 is 1.32 bits per heavy atom. The van der Waals surface area contributed by atoms with Crippen LogP contribution in [0.2, 0.25) is 0 Å².